The zero-order valence-electron chi connectivity index (χ0n) is 9.59. The molecule has 0 aliphatic carbocycles. The van der Waals surface area contributed by atoms with E-state index in [2.05, 4.69) is 16.8 Å². The fraction of sp³-hybridized carbons (Fsp3) is 0.500. The van der Waals surface area contributed by atoms with E-state index < -0.39 is 0 Å². The van der Waals surface area contributed by atoms with Crippen LogP contribution in [0.3, 0.4) is 0 Å². The maximum absolute atomic E-state index is 11.5. The van der Waals surface area contributed by atoms with E-state index >= 15 is 0 Å². The number of carbonyl (C=O) groups excluding carboxylic acids is 1. The molecule has 0 bridgehead atoms. The third-order valence-electron chi connectivity index (χ3n) is 3.22. The summed E-state index contributed by atoms with van der Waals surface area (Å²) in [7, 11) is 1.44. The summed E-state index contributed by atoms with van der Waals surface area (Å²) in [5.41, 5.74) is 1.18. The highest BCUT2D eigenvalue weighted by Gasteiger charge is 2.38. The van der Waals surface area contributed by atoms with Crippen molar-refractivity contribution in [1.82, 2.24) is 9.88 Å². The summed E-state index contributed by atoms with van der Waals surface area (Å²) in [6, 6.07) is 4.13. The van der Waals surface area contributed by atoms with Crippen molar-refractivity contribution in [2.75, 3.05) is 13.7 Å². The lowest BCUT2D eigenvalue weighted by molar-refractivity contribution is -0.153. The molecule has 2 heterocycles. The Bertz CT molecular complexity index is 367. The quantitative estimate of drug-likeness (QED) is 0.722. The molecule has 1 saturated heterocycles. The third kappa shape index (κ3) is 1.93. The lowest BCUT2D eigenvalue weighted by Crippen LogP contribution is -2.53. The number of aromatic nitrogens is 1. The smallest absolute Gasteiger partial charge is 0.323 e. The highest BCUT2D eigenvalue weighted by molar-refractivity contribution is 5.76. The number of rotatable bonds is 3. The Morgan fingerprint density at radius 3 is 2.75 bits per heavy atom. The summed E-state index contributed by atoms with van der Waals surface area (Å²) >= 11 is 0. The minimum absolute atomic E-state index is 0.0758. The predicted octanol–water partition coefficient (Wildman–Crippen LogP) is 1.39. The molecule has 1 aliphatic rings. The summed E-state index contributed by atoms with van der Waals surface area (Å²) in [6.07, 6.45) is 4.44. The molecule has 86 valence electrons. The molecule has 4 nitrogen and oxygen atoms in total. The number of likely N-dealkylation sites (tertiary alicyclic amines) is 1. The van der Waals surface area contributed by atoms with Gasteiger partial charge in [0.2, 0.25) is 0 Å². The molecule has 2 rings (SSSR count). The van der Waals surface area contributed by atoms with Gasteiger partial charge in [0.1, 0.15) is 6.04 Å². The van der Waals surface area contributed by atoms with E-state index in [1.165, 1.54) is 12.7 Å². The molecule has 1 aromatic rings. The maximum Gasteiger partial charge on any atom is 0.323 e. The van der Waals surface area contributed by atoms with Gasteiger partial charge in [0, 0.05) is 25.0 Å². The first-order chi connectivity index (χ1) is 7.74. The molecular weight excluding hydrogens is 204 g/mol. The Balaban J connectivity index is 2.06. The second-order valence-corrected chi connectivity index (χ2v) is 4.02. The van der Waals surface area contributed by atoms with Gasteiger partial charge in [-0.2, -0.15) is 0 Å². The van der Waals surface area contributed by atoms with Crippen molar-refractivity contribution in [2.24, 2.45) is 0 Å². The summed E-state index contributed by atoms with van der Waals surface area (Å²) in [5, 5.41) is 0. The van der Waals surface area contributed by atoms with Crippen molar-refractivity contribution < 1.29 is 9.53 Å². The van der Waals surface area contributed by atoms with Gasteiger partial charge < -0.3 is 4.74 Å². The second kappa shape index (κ2) is 4.61. The SMILES string of the molecule is COC(=O)C1CCN1C(C)c1ccncc1. The monoisotopic (exact) mass is 220 g/mol. The van der Waals surface area contributed by atoms with Crippen LogP contribution in [0.4, 0.5) is 0 Å². The highest BCUT2D eigenvalue weighted by Crippen LogP contribution is 2.30. The summed E-state index contributed by atoms with van der Waals surface area (Å²) in [5.74, 6) is -0.132. The number of carbonyl (C=O) groups is 1. The van der Waals surface area contributed by atoms with Gasteiger partial charge in [-0.3, -0.25) is 14.7 Å². The first-order valence-corrected chi connectivity index (χ1v) is 5.47. The zero-order valence-corrected chi connectivity index (χ0v) is 9.59. The van der Waals surface area contributed by atoms with Crippen LogP contribution in [0.2, 0.25) is 0 Å². The lowest BCUT2D eigenvalue weighted by Gasteiger charge is -2.43. The van der Waals surface area contributed by atoms with Crippen LogP contribution in [-0.4, -0.2) is 35.5 Å². The molecular formula is C12H16N2O2. The van der Waals surface area contributed by atoms with Crippen LogP contribution in [0.25, 0.3) is 0 Å². The van der Waals surface area contributed by atoms with E-state index in [4.69, 9.17) is 4.74 Å². The minimum Gasteiger partial charge on any atom is -0.468 e. The van der Waals surface area contributed by atoms with Crippen molar-refractivity contribution in [2.45, 2.75) is 25.4 Å². The topological polar surface area (TPSA) is 42.4 Å². The van der Waals surface area contributed by atoms with Crippen molar-refractivity contribution in [3.05, 3.63) is 30.1 Å². The second-order valence-electron chi connectivity index (χ2n) is 4.02. The van der Waals surface area contributed by atoms with Gasteiger partial charge in [-0.1, -0.05) is 0 Å². The number of nitrogens with zero attached hydrogens (tertiary/aromatic N) is 2. The zero-order chi connectivity index (χ0) is 11.5. The Hall–Kier alpha value is -1.42. The maximum atomic E-state index is 11.5. The number of ether oxygens (including phenoxy) is 1. The van der Waals surface area contributed by atoms with Crippen LogP contribution >= 0.6 is 0 Å². The first-order valence-electron chi connectivity index (χ1n) is 5.47. The average molecular weight is 220 g/mol. The Labute approximate surface area is 95.2 Å². The highest BCUT2D eigenvalue weighted by atomic mass is 16.5. The molecule has 0 amide bonds. The van der Waals surface area contributed by atoms with E-state index in [0.29, 0.717) is 0 Å². The van der Waals surface area contributed by atoms with E-state index in [1.807, 2.05) is 12.1 Å². The van der Waals surface area contributed by atoms with Crippen molar-refractivity contribution in [3.8, 4) is 0 Å². The fourth-order valence-electron chi connectivity index (χ4n) is 2.09. The average Bonchev–Trinajstić information content (AvgIpc) is 2.28. The van der Waals surface area contributed by atoms with E-state index in [-0.39, 0.29) is 18.1 Å². The number of methoxy groups -OCH3 is 1. The molecule has 2 atom stereocenters. The van der Waals surface area contributed by atoms with Crippen LogP contribution < -0.4 is 0 Å². The van der Waals surface area contributed by atoms with Crippen LogP contribution in [0.5, 0.6) is 0 Å². The molecule has 2 unspecified atom stereocenters. The van der Waals surface area contributed by atoms with Crippen molar-refractivity contribution in [1.29, 1.82) is 0 Å². The molecule has 16 heavy (non-hydrogen) atoms. The molecule has 0 radical (unpaired) electrons. The number of hydrogen-bond donors (Lipinski definition) is 0. The van der Waals surface area contributed by atoms with Gasteiger partial charge in [0.15, 0.2) is 0 Å². The van der Waals surface area contributed by atoms with E-state index in [0.717, 1.165) is 13.0 Å². The first kappa shape index (κ1) is 11.1. The summed E-state index contributed by atoms with van der Waals surface area (Å²) in [6.45, 7) is 3.05. The van der Waals surface area contributed by atoms with Crippen molar-refractivity contribution >= 4 is 5.97 Å². The lowest BCUT2D eigenvalue weighted by atomic mass is 9.97. The van der Waals surface area contributed by atoms with Crippen LogP contribution in [-0.2, 0) is 9.53 Å². The van der Waals surface area contributed by atoms with Gasteiger partial charge in [0.25, 0.3) is 0 Å². The van der Waals surface area contributed by atoms with E-state index in [9.17, 15) is 4.79 Å². The van der Waals surface area contributed by atoms with Gasteiger partial charge in [-0.15, -0.1) is 0 Å². The normalized spacial score (nSPS) is 22.2. The molecule has 0 spiro atoms. The molecule has 1 aromatic heterocycles. The van der Waals surface area contributed by atoms with Gasteiger partial charge >= 0.3 is 5.97 Å². The molecule has 1 fully saturated rings. The Kier molecular flexibility index (Phi) is 3.19. The van der Waals surface area contributed by atoms with Gasteiger partial charge in [-0.05, 0) is 31.0 Å². The minimum atomic E-state index is -0.132. The summed E-state index contributed by atoms with van der Waals surface area (Å²) < 4.78 is 4.78. The number of esters is 1. The van der Waals surface area contributed by atoms with Gasteiger partial charge in [0.05, 0.1) is 7.11 Å². The molecule has 0 N–H and O–H groups in total. The van der Waals surface area contributed by atoms with Crippen molar-refractivity contribution in [3.63, 3.8) is 0 Å². The fourth-order valence-corrected chi connectivity index (χ4v) is 2.09. The largest absolute Gasteiger partial charge is 0.468 e. The molecule has 4 heteroatoms. The third-order valence-corrected chi connectivity index (χ3v) is 3.22. The van der Waals surface area contributed by atoms with Crippen LogP contribution in [0, 0.1) is 0 Å². The van der Waals surface area contributed by atoms with E-state index in [1.54, 1.807) is 12.4 Å². The molecule has 0 aromatic carbocycles. The number of pyridine rings is 1. The van der Waals surface area contributed by atoms with Gasteiger partial charge in [-0.25, -0.2) is 0 Å². The Morgan fingerprint density at radius 2 is 2.25 bits per heavy atom. The molecule has 0 saturated carbocycles. The standard InChI is InChI=1S/C12H16N2O2/c1-9(10-3-6-13-7-4-10)14-8-5-11(14)12(15)16-2/h3-4,6-7,9,11H,5,8H2,1-2H3. The Morgan fingerprint density at radius 1 is 1.56 bits per heavy atom. The summed E-state index contributed by atoms with van der Waals surface area (Å²) in [4.78, 5) is 17.6. The predicted molar refractivity (Wildman–Crippen MR) is 59.8 cm³/mol. The van der Waals surface area contributed by atoms with Crippen LogP contribution in [0.1, 0.15) is 24.9 Å². The van der Waals surface area contributed by atoms with Crippen LogP contribution in [0.15, 0.2) is 24.5 Å². The molecule has 1 aliphatic heterocycles. The number of hydrogen-bond acceptors (Lipinski definition) is 4.